The zero-order valence-electron chi connectivity index (χ0n) is 12.7. The lowest BCUT2D eigenvalue weighted by atomic mass is 9.97. The summed E-state index contributed by atoms with van der Waals surface area (Å²) in [5.74, 6) is 0.497. The second-order valence-electron chi connectivity index (χ2n) is 6.14. The molecule has 0 saturated heterocycles. The summed E-state index contributed by atoms with van der Waals surface area (Å²) in [7, 11) is 0. The van der Waals surface area contributed by atoms with Gasteiger partial charge >= 0.3 is 0 Å². The Bertz CT molecular complexity index is 575. The Balaban J connectivity index is 1.98. The molecule has 0 aromatic heterocycles. The van der Waals surface area contributed by atoms with Crippen molar-refractivity contribution in [3.05, 3.63) is 59.7 Å². The molecule has 0 bridgehead atoms. The summed E-state index contributed by atoms with van der Waals surface area (Å²) >= 11 is 0. The zero-order chi connectivity index (χ0) is 14.8. The molecule has 2 nitrogen and oxygen atoms in total. The van der Waals surface area contributed by atoms with Crippen LogP contribution in [0.25, 0.3) is 11.1 Å². The van der Waals surface area contributed by atoms with E-state index >= 15 is 0 Å². The molecule has 0 spiro atoms. The molecule has 1 unspecified atom stereocenters. The predicted molar refractivity (Wildman–Crippen MR) is 87.2 cm³/mol. The van der Waals surface area contributed by atoms with E-state index in [0.717, 1.165) is 6.42 Å². The van der Waals surface area contributed by atoms with Crippen LogP contribution in [0.5, 0.6) is 0 Å². The lowest BCUT2D eigenvalue weighted by Crippen LogP contribution is -2.37. The highest BCUT2D eigenvalue weighted by molar-refractivity contribution is 5.78. The van der Waals surface area contributed by atoms with Gasteiger partial charge in [-0.15, -0.1) is 0 Å². The Morgan fingerprint density at radius 1 is 0.952 bits per heavy atom. The molecule has 1 atom stereocenters. The highest BCUT2D eigenvalue weighted by Crippen LogP contribution is 2.43. The second kappa shape index (κ2) is 6.00. The molecule has 3 rings (SSSR count). The van der Waals surface area contributed by atoms with Gasteiger partial charge in [-0.3, -0.25) is 0 Å². The molecule has 0 saturated carbocycles. The van der Waals surface area contributed by atoms with Gasteiger partial charge in [-0.25, -0.2) is 0 Å². The van der Waals surface area contributed by atoms with E-state index in [1.807, 2.05) is 0 Å². The molecule has 21 heavy (non-hydrogen) atoms. The van der Waals surface area contributed by atoms with Gasteiger partial charge in [-0.05, 0) is 34.6 Å². The Labute approximate surface area is 126 Å². The van der Waals surface area contributed by atoms with Crippen molar-refractivity contribution in [2.45, 2.75) is 32.4 Å². The maximum absolute atomic E-state index is 9.31. The minimum absolute atomic E-state index is 0.228. The fourth-order valence-electron chi connectivity index (χ4n) is 3.30. The van der Waals surface area contributed by atoms with Crippen molar-refractivity contribution in [1.82, 2.24) is 5.32 Å². The van der Waals surface area contributed by atoms with Gasteiger partial charge in [0.15, 0.2) is 0 Å². The largest absolute Gasteiger partial charge is 0.396 e. The van der Waals surface area contributed by atoms with Crippen molar-refractivity contribution in [3.8, 4) is 11.1 Å². The monoisotopic (exact) mass is 281 g/mol. The Morgan fingerprint density at radius 3 is 1.95 bits per heavy atom. The summed E-state index contributed by atoms with van der Waals surface area (Å²) in [6.45, 7) is 4.64. The fourth-order valence-corrected chi connectivity index (χ4v) is 3.30. The molecule has 0 fully saturated rings. The third-order valence-electron chi connectivity index (χ3n) is 4.46. The van der Waals surface area contributed by atoms with Gasteiger partial charge in [-0.1, -0.05) is 62.4 Å². The molecule has 0 heterocycles. The number of rotatable bonds is 5. The minimum Gasteiger partial charge on any atom is -0.396 e. The summed E-state index contributed by atoms with van der Waals surface area (Å²) in [5.41, 5.74) is 5.36. The standard InChI is InChI=1S/C19H23NO/c1-13(2)18(11-12-21)20-19-16-9-5-3-7-14(16)15-8-4-6-10-17(15)19/h3-10,13,18-21H,11-12H2,1-2H3. The highest BCUT2D eigenvalue weighted by Gasteiger charge is 2.30. The van der Waals surface area contributed by atoms with E-state index in [4.69, 9.17) is 0 Å². The van der Waals surface area contributed by atoms with Crippen molar-refractivity contribution < 1.29 is 5.11 Å². The van der Waals surface area contributed by atoms with Crippen molar-refractivity contribution >= 4 is 0 Å². The third-order valence-corrected chi connectivity index (χ3v) is 4.46. The van der Waals surface area contributed by atoms with Crippen molar-refractivity contribution in [1.29, 1.82) is 0 Å². The molecule has 110 valence electrons. The maximum Gasteiger partial charge on any atom is 0.0591 e. The first-order valence-electron chi connectivity index (χ1n) is 7.77. The lowest BCUT2D eigenvalue weighted by molar-refractivity contribution is 0.239. The molecule has 0 aliphatic heterocycles. The van der Waals surface area contributed by atoms with E-state index in [0.29, 0.717) is 12.0 Å². The molecule has 0 amide bonds. The van der Waals surface area contributed by atoms with Crippen LogP contribution in [0.15, 0.2) is 48.5 Å². The van der Waals surface area contributed by atoms with E-state index in [1.165, 1.54) is 22.3 Å². The first-order chi connectivity index (χ1) is 10.2. The molecule has 2 N–H and O–H groups in total. The molecular weight excluding hydrogens is 258 g/mol. The van der Waals surface area contributed by atoms with Crippen LogP contribution >= 0.6 is 0 Å². The van der Waals surface area contributed by atoms with Crippen molar-refractivity contribution in [2.75, 3.05) is 6.61 Å². The number of hydrogen-bond donors (Lipinski definition) is 2. The molecule has 0 radical (unpaired) electrons. The highest BCUT2D eigenvalue weighted by atomic mass is 16.3. The van der Waals surface area contributed by atoms with Gasteiger partial charge in [0, 0.05) is 12.6 Å². The Kier molecular flexibility index (Phi) is 4.09. The van der Waals surface area contributed by atoms with Gasteiger partial charge in [0.25, 0.3) is 0 Å². The van der Waals surface area contributed by atoms with E-state index in [9.17, 15) is 5.11 Å². The molecule has 2 aromatic carbocycles. The number of aliphatic hydroxyl groups excluding tert-OH is 1. The molecule has 2 aromatic rings. The SMILES string of the molecule is CC(C)C(CCO)NC1c2ccccc2-c2ccccc21. The average molecular weight is 281 g/mol. The van der Waals surface area contributed by atoms with Crippen LogP contribution < -0.4 is 5.32 Å². The summed E-state index contributed by atoms with van der Waals surface area (Å²) < 4.78 is 0. The third kappa shape index (κ3) is 2.61. The first kappa shape index (κ1) is 14.3. The topological polar surface area (TPSA) is 32.3 Å². The maximum atomic E-state index is 9.31. The van der Waals surface area contributed by atoms with Crippen molar-refractivity contribution in [2.24, 2.45) is 5.92 Å². The van der Waals surface area contributed by atoms with E-state index < -0.39 is 0 Å². The minimum atomic E-state index is 0.228. The van der Waals surface area contributed by atoms with Gasteiger partial charge in [-0.2, -0.15) is 0 Å². The van der Waals surface area contributed by atoms with Gasteiger partial charge in [0.05, 0.1) is 6.04 Å². The van der Waals surface area contributed by atoms with Crippen LogP contribution in [0.3, 0.4) is 0 Å². The van der Waals surface area contributed by atoms with Crippen LogP contribution in [-0.2, 0) is 0 Å². The quantitative estimate of drug-likeness (QED) is 0.874. The van der Waals surface area contributed by atoms with Crippen LogP contribution in [0.4, 0.5) is 0 Å². The predicted octanol–water partition coefficient (Wildman–Crippen LogP) is 3.75. The Morgan fingerprint density at radius 2 is 1.48 bits per heavy atom. The van der Waals surface area contributed by atoms with Crippen LogP contribution in [0.2, 0.25) is 0 Å². The number of aliphatic hydroxyl groups is 1. The average Bonchev–Trinajstić information content (AvgIpc) is 2.81. The van der Waals surface area contributed by atoms with E-state index in [1.54, 1.807) is 0 Å². The molecular formula is C19H23NO. The summed E-state index contributed by atoms with van der Waals surface area (Å²) in [5, 5.41) is 13.1. The van der Waals surface area contributed by atoms with Crippen molar-refractivity contribution in [3.63, 3.8) is 0 Å². The summed E-state index contributed by atoms with van der Waals surface area (Å²) in [6.07, 6.45) is 0.790. The van der Waals surface area contributed by atoms with Crippen LogP contribution in [0, 0.1) is 5.92 Å². The van der Waals surface area contributed by atoms with Crippen LogP contribution in [0.1, 0.15) is 37.4 Å². The number of hydrogen-bond acceptors (Lipinski definition) is 2. The second-order valence-corrected chi connectivity index (χ2v) is 6.14. The van der Waals surface area contributed by atoms with Gasteiger partial charge in [0.2, 0.25) is 0 Å². The van der Waals surface area contributed by atoms with Crippen LogP contribution in [-0.4, -0.2) is 17.8 Å². The molecule has 1 aliphatic rings. The summed E-state index contributed by atoms with van der Waals surface area (Å²) in [6, 6.07) is 17.8. The number of benzene rings is 2. The Hall–Kier alpha value is -1.64. The van der Waals surface area contributed by atoms with Gasteiger partial charge < -0.3 is 10.4 Å². The van der Waals surface area contributed by atoms with E-state index in [2.05, 4.69) is 67.7 Å². The fraction of sp³-hybridized carbons (Fsp3) is 0.368. The number of nitrogens with one attached hydrogen (secondary N) is 1. The number of fused-ring (bicyclic) bond motifs is 3. The zero-order valence-corrected chi connectivity index (χ0v) is 12.7. The lowest BCUT2D eigenvalue weighted by Gasteiger charge is -2.27. The smallest absolute Gasteiger partial charge is 0.0591 e. The molecule has 2 heteroatoms. The normalized spacial score (nSPS) is 15.0. The van der Waals surface area contributed by atoms with E-state index in [-0.39, 0.29) is 12.6 Å². The van der Waals surface area contributed by atoms with Gasteiger partial charge in [0.1, 0.15) is 0 Å². The molecule has 1 aliphatic carbocycles. The first-order valence-corrected chi connectivity index (χ1v) is 7.77. The summed E-state index contributed by atoms with van der Waals surface area (Å²) in [4.78, 5) is 0.